The zero-order chi connectivity index (χ0) is 9.68. The van der Waals surface area contributed by atoms with Gasteiger partial charge in [0.05, 0.1) is 0 Å². The van der Waals surface area contributed by atoms with Crippen LogP contribution in [0.3, 0.4) is 0 Å². The van der Waals surface area contributed by atoms with E-state index in [1.165, 1.54) is 6.07 Å². The Morgan fingerprint density at radius 3 is 2.77 bits per heavy atom. The molecule has 0 amide bonds. The quantitative estimate of drug-likeness (QED) is 0.484. The number of para-hydroxylation sites is 1. The Labute approximate surface area is 78.0 Å². The monoisotopic (exact) mass is 181 g/mol. The van der Waals surface area contributed by atoms with Crippen LogP contribution in [-0.4, -0.2) is 23.8 Å². The molecule has 0 aliphatic rings. The van der Waals surface area contributed by atoms with E-state index in [1.54, 1.807) is 6.07 Å². The zero-order valence-electron chi connectivity index (χ0n) is 7.75. The fourth-order valence-electron chi connectivity index (χ4n) is 1.24. The third-order valence-electron chi connectivity index (χ3n) is 1.97. The molecule has 3 N–H and O–H groups in total. The normalized spacial score (nSPS) is 10.2. The molecule has 13 heavy (non-hydrogen) atoms. The zero-order valence-corrected chi connectivity index (χ0v) is 7.75. The minimum absolute atomic E-state index is 0.0126. The molecule has 1 aromatic carbocycles. The Morgan fingerprint density at radius 2 is 2.08 bits per heavy atom. The second-order valence-electron chi connectivity index (χ2n) is 2.99. The topological polar surface area (TPSA) is 52.5 Å². The van der Waals surface area contributed by atoms with Gasteiger partial charge in [-0.2, -0.15) is 0 Å². The van der Waals surface area contributed by atoms with Crippen LogP contribution in [0.25, 0.3) is 0 Å². The summed E-state index contributed by atoms with van der Waals surface area (Å²) in [5.41, 5.74) is 0.801. The Kier molecular flexibility index (Phi) is 3.58. The molecular formula is C10H15NO2. The van der Waals surface area contributed by atoms with Crippen molar-refractivity contribution >= 4 is 0 Å². The molecule has 1 aromatic rings. The molecule has 0 aromatic heterocycles. The fraction of sp³-hybridized carbons (Fsp3) is 0.400. The Bertz CT molecular complexity index is 274. The van der Waals surface area contributed by atoms with Crippen molar-refractivity contribution in [3.63, 3.8) is 0 Å². The molecule has 3 heteroatoms. The van der Waals surface area contributed by atoms with Gasteiger partial charge >= 0.3 is 0 Å². The molecular weight excluding hydrogens is 166 g/mol. The van der Waals surface area contributed by atoms with Crippen LogP contribution in [0.5, 0.6) is 11.5 Å². The summed E-state index contributed by atoms with van der Waals surface area (Å²) in [5, 5.41) is 21.6. The number of aryl methyl sites for hydroxylation is 1. The van der Waals surface area contributed by atoms with Crippen molar-refractivity contribution in [3.05, 3.63) is 23.8 Å². The third kappa shape index (κ3) is 2.63. The summed E-state index contributed by atoms with van der Waals surface area (Å²) in [6.07, 6.45) is 1.73. The van der Waals surface area contributed by atoms with Crippen LogP contribution < -0.4 is 5.32 Å². The second kappa shape index (κ2) is 4.72. The van der Waals surface area contributed by atoms with Crippen LogP contribution in [-0.2, 0) is 6.42 Å². The van der Waals surface area contributed by atoms with Gasteiger partial charge in [-0.05, 0) is 38.1 Å². The molecule has 0 bridgehead atoms. The second-order valence-corrected chi connectivity index (χ2v) is 2.99. The van der Waals surface area contributed by atoms with Crippen molar-refractivity contribution < 1.29 is 10.2 Å². The van der Waals surface area contributed by atoms with Crippen LogP contribution in [0.4, 0.5) is 0 Å². The Balaban J connectivity index is 2.61. The van der Waals surface area contributed by atoms with E-state index in [-0.39, 0.29) is 11.5 Å². The van der Waals surface area contributed by atoms with E-state index >= 15 is 0 Å². The molecule has 0 radical (unpaired) electrons. The number of nitrogens with one attached hydrogen (secondary N) is 1. The first kappa shape index (κ1) is 9.86. The lowest BCUT2D eigenvalue weighted by Gasteiger charge is -2.05. The lowest BCUT2D eigenvalue weighted by atomic mass is 10.1. The molecule has 0 spiro atoms. The van der Waals surface area contributed by atoms with Gasteiger partial charge < -0.3 is 15.5 Å². The maximum Gasteiger partial charge on any atom is 0.160 e. The molecule has 0 fully saturated rings. The molecule has 0 aliphatic heterocycles. The van der Waals surface area contributed by atoms with E-state index in [4.69, 9.17) is 0 Å². The molecule has 0 saturated heterocycles. The van der Waals surface area contributed by atoms with Crippen molar-refractivity contribution in [1.82, 2.24) is 5.32 Å². The van der Waals surface area contributed by atoms with Crippen molar-refractivity contribution in [2.24, 2.45) is 0 Å². The van der Waals surface area contributed by atoms with E-state index in [1.807, 2.05) is 13.1 Å². The number of rotatable bonds is 4. The van der Waals surface area contributed by atoms with Crippen LogP contribution in [0.2, 0.25) is 0 Å². The van der Waals surface area contributed by atoms with Gasteiger partial charge in [-0.15, -0.1) is 0 Å². The number of hydrogen-bond donors (Lipinski definition) is 3. The predicted molar refractivity (Wildman–Crippen MR) is 52.0 cm³/mol. The van der Waals surface area contributed by atoms with Crippen LogP contribution in [0.1, 0.15) is 12.0 Å². The predicted octanol–water partition coefficient (Wildman–Crippen LogP) is 1.25. The van der Waals surface area contributed by atoms with Gasteiger partial charge in [0.15, 0.2) is 11.5 Å². The summed E-state index contributed by atoms with van der Waals surface area (Å²) in [4.78, 5) is 0. The molecule has 0 unspecified atom stereocenters. The molecule has 0 heterocycles. The first-order valence-corrected chi connectivity index (χ1v) is 4.40. The first-order chi connectivity index (χ1) is 6.25. The average Bonchev–Trinajstić information content (AvgIpc) is 2.13. The minimum atomic E-state index is -0.0399. The number of benzene rings is 1. The molecule has 0 aliphatic carbocycles. The highest BCUT2D eigenvalue weighted by Gasteiger charge is 2.04. The van der Waals surface area contributed by atoms with E-state index < -0.39 is 0 Å². The van der Waals surface area contributed by atoms with E-state index in [2.05, 4.69) is 5.32 Å². The number of phenols is 2. The summed E-state index contributed by atoms with van der Waals surface area (Å²) in [5.74, 6) is -0.0273. The van der Waals surface area contributed by atoms with Crippen LogP contribution in [0.15, 0.2) is 18.2 Å². The SMILES string of the molecule is CNCCCc1cccc(O)c1O. The minimum Gasteiger partial charge on any atom is -0.504 e. The van der Waals surface area contributed by atoms with Crippen molar-refractivity contribution in [1.29, 1.82) is 0 Å². The van der Waals surface area contributed by atoms with Crippen molar-refractivity contribution in [2.75, 3.05) is 13.6 Å². The van der Waals surface area contributed by atoms with Crippen LogP contribution in [0, 0.1) is 0 Å². The average molecular weight is 181 g/mol. The van der Waals surface area contributed by atoms with Crippen molar-refractivity contribution in [2.45, 2.75) is 12.8 Å². The Hall–Kier alpha value is -1.22. The summed E-state index contributed by atoms with van der Waals surface area (Å²) >= 11 is 0. The number of hydrogen-bond acceptors (Lipinski definition) is 3. The van der Waals surface area contributed by atoms with Gasteiger partial charge in [0.2, 0.25) is 0 Å². The summed E-state index contributed by atoms with van der Waals surface area (Å²) in [6.45, 7) is 0.912. The smallest absolute Gasteiger partial charge is 0.160 e. The third-order valence-corrected chi connectivity index (χ3v) is 1.97. The maximum atomic E-state index is 9.43. The highest BCUT2D eigenvalue weighted by molar-refractivity contribution is 5.44. The van der Waals surface area contributed by atoms with Gasteiger partial charge in [-0.1, -0.05) is 12.1 Å². The standard InChI is InChI=1S/C10H15NO2/c1-11-7-3-5-8-4-2-6-9(12)10(8)13/h2,4,6,11-13H,3,5,7H2,1H3. The van der Waals surface area contributed by atoms with E-state index in [9.17, 15) is 10.2 Å². The van der Waals surface area contributed by atoms with Gasteiger partial charge in [0.25, 0.3) is 0 Å². The van der Waals surface area contributed by atoms with Crippen molar-refractivity contribution in [3.8, 4) is 11.5 Å². The maximum absolute atomic E-state index is 9.43. The lowest BCUT2D eigenvalue weighted by molar-refractivity contribution is 0.399. The van der Waals surface area contributed by atoms with Gasteiger partial charge in [-0.3, -0.25) is 0 Å². The van der Waals surface area contributed by atoms with E-state index in [0.717, 1.165) is 24.9 Å². The number of aromatic hydroxyl groups is 2. The molecule has 0 saturated carbocycles. The van der Waals surface area contributed by atoms with E-state index in [0.29, 0.717) is 0 Å². The van der Waals surface area contributed by atoms with Gasteiger partial charge in [0.1, 0.15) is 0 Å². The summed E-state index contributed by atoms with van der Waals surface area (Å²) < 4.78 is 0. The van der Waals surface area contributed by atoms with Gasteiger partial charge in [-0.25, -0.2) is 0 Å². The first-order valence-electron chi connectivity index (χ1n) is 4.40. The summed E-state index contributed by atoms with van der Waals surface area (Å²) in [7, 11) is 1.89. The fourth-order valence-corrected chi connectivity index (χ4v) is 1.24. The number of phenolic OH excluding ortho intramolecular Hbond substituents is 2. The molecule has 3 nitrogen and oxygen atoms in total. The lowest BCUT2D eigenvalue weighted by Crippen LogP contribution is -2.08. The summed E-state index contributed by atoms with van der Waals surface area (Å²) in [6, 6.07) is 5.05. The molecule has 72 valence electrons. The molecule has 1 rings (SSSR count). The highest BCUT2D eigenvalue weighted by Crippen LogP contribution is 2.28. The largest absolute Gasteiger partial charge is 0.504 e. The molecule has 0 atom stereocenters. The van der Waals surface area contributed by atoms with Gasteiger partial charge in [0, 0.05) is 0 Å². The Morgan fingerprint density at radius 1 is 1.31 bits per heavy atom. The van der Waals surface area contributed by atoms with Crippen LogP contribution >= 0.6 is 0 Å². The highest BCUT2D eigenvalue weighted by atomic mass is 16.3.